The summed E-state index contributed by atoms with van der Waals surface area (Å²) in [6, 6.07) is 9.63. The van der Waals surface area contributed by atoms with Crippen LogP contribution in [0.1, 0.15) is 32.8 Å². The Morgan fingerprint density at radius 1 is 1.16 bits per heavy atom. The summed E-state index contributed by atoms with van der Waals surface area (Å²) in [6.45, 7) is 5.29. The Kier molecular flexibility index (Phi) is 6.63. The van der Waals surface area contributed by atoms with Gasteiger partial charge in [-0.05, 0) is 25.3 Å². The predicted molar refractivity (Wildman–Crippen MR) is 97.9 cm³/mol. The maximum absolute atomic E-state index is 12.4. The summed E-state index contributed by atoms with van der Waals surface area (Å²) in [4.78, 5) is 11.6. The standard InChI is InChI=1S/C16H22N4O3S2/c1-11(2)14(21)17-15-18-19-16(24-15)25(22,23)20-12(3)9-10-13-7-5-4-6-8-13/h4-8,11-12,20H,9-10H2,1-3H3,(H,17,18,21). The first kappa shape index (κ1) is 19.5. The average molecular weight is 383 g/mol. The van der Waals surface area contributed by atoms with Gasteiger partial charge < -0.3 is 5.32 Å². The highest BCUT2D eigenvalue weighted by Crippen LogP contribution is 2.21. The lowest BCUT2D eigenvalue weighted by Gasteiger charge is -2.12. The Morgan fingerprint density at radius 2 is 1.84 bits per heavy atom. The van der Waals surface area contributed by atoms with Gasteiger partial charge in [0.2, 0.25) is 15.4 Å². The number of aromatic nitrogens is 2. The van der Waals surface area contributed by atoms with E-state index in [4.69, 9.17) is 0 Å². The van der Waals surface area contributed by atoms with E-state index in [9.17, 15) is 13.2 Å². The normalized spacial score (nSPS) is 13.0. The highest BCUT2D eigenvalue weighted by Gasteiger charge is 2.23. The monoisotopic (exact) mass is 382 g/mol. The van der Waals surface area contributed by atoms with Crippen LogP contribution in [0.25, 0.3) is 0 Å². The zero-order valence-electron chi connectivity index (χ0n) is 14.4. The van der Waals surface area contributed by atoms with Crippen molar-refractivity contribution < 1.29 is 13.2 Å². The molecule has 7 nitrogen and oxygen atoms in total. The fourth-order valence-corrected chi connectivity index (χ4v) is 4.22. The van der Waals surface area contributed by atoms with Crippen LogP contribution in [0.15, 0.2) is 34.7 Å². The number of sulfonamides is 1. The van der Waals surface area contributed by atoms with Crippen molar-refractivity contribution in [2.45, 2.75) is 44.0 Å². The van der Waals surface area contributed by atoms with Gasteiger partial charge in [-0.3, -0.25) is 4.79 Å². The van der Waals surface area contributed by atoms with Crippen LogP contribution in [0.4, 0.5) is 5.13 Å². The van der Waals surface area contributed by atoms with Gasteiger partial charge in [0.15, 0.2) is 0 Å². The van der Waals surface area contributed by atoms with Crippen LogP contribution in [0.3, 0.4) is 0 Å². The van der Waals surface area contributed by atoms with Crippen LogP contribution < -0.4 is 10.0 Å². The summed E-state index contributed by atoms with van der Waals surface area (Å²) >= 11 is 0.837. The maximum Gasteiger partial charge on any atom is 0.270 e. The largest absolute Gasteiger partial charge is 0.300 e. The minimum Gasteiger partial charge on any atom is -0.300 e. The number of hydrogen-bond acceptors (Lipinski definition) is 6. The van der Waals surface area contributed by atoms with Gasteiger partial charge in [-0.15, -0.1) is 10.2 Å². The molecular weight excluding hydrogens is 360 g/mol. The summed E-state index contributed by atoms with van der Waals surface area (Å²) in [7, 11) is -3.76. The number of anilines is 1. The Balaban J connectivity index is 1.94. The van der Waals surface area contributed by atoms with Crippen molar-refractivity contribution in [3.05, 3.63) is 35.9 Å². The lowest BCUT2D eigenvalue weighted by Crippen LogP contribution is -2.32. The second kappa shape index (κ2) is 8.50. The number of carbonyl (C=O) groups is 1. The van der Waals surface area contributed by atoms with Gasteiger partial charge in [0, 0.05) is 12.0 Å². The average Bonchev–Trinajstić information content (AvgIpc) is 3.03. The number of carbonyl (C=O) groups excluding carboxylic acids is 1. The van der Waals surface area contributed by atoms with Gasteiger partial charge >= 0.3 is 0 Å². The number of nitrogens with zero attached hydrogens (tertiary/aromatic N) is 2. The van der Waals surface area contributed by atoms with Crippen molar-refractivity contribution in [3.63, 3.8) is 0 Å². The molecular formula is C16H22N4O3S2. The van der Waals surface area contributed by atoms with Gasteiger partial charge in [0.25, 0.3) is 10.0 Å². The van der Waals surface area contributed by atoms with E-state index in [0.717, 1.165) is 23.3 Å². The van der Waals surface area contributed by atoms with Crippen molar-refractivity contribution in [2.75, 3.05) is 5.32 Å². The Hall–Kier alpha value is -1.84. The van der Waals surface area contributed by atoms with E-state index in [-0.39, 0.29) is 27.3 Å². The lowest BCUT2D eigenvalue weighted by molar-refractivity contribution is -0.118. The highest BCUT2D eigenvalue weighted by atomic mass is 32.2. The molecule has 25 heavy (non-hydrogen) atoms. The van der Waals surface area contributed by atoms with Crippen molar-refractivity contribution in [1.82, 2.24) is 14.9 Å². The van der Waals surface area contributed by atoms with Crippen molar-refractivity contribution in [3.8, 4) is 0 Å². The molecule has 2 N–H and O–H groups in total. The molecule has 0 spiro atoms. The van der Waals surface area contributed by atoms with Gasteiger partial charge in [-0.25, -0.2) is 13.1 Å². The fraction of sp³-hybridized carbons (Fsp3) is 0.438. The van der Waals surface area contributed by atoms with Crippen molar-refractivity contribution in [1.29, 1.82) is 0 Å². The topological polar surface area (TPSA) is 101 Å². The molecule has 9 heteroatoms. The summed E-state index contributed by atoms with van der Waals surface area (Å²) in [6.07, 6.45) is 1.44. The van der Waals surface area contributed by atoms with Crippen LogP contribution in [-0.4, -0.2) is 30.6 Å². The Morgan fingerprint density at radius 3 is 2.48 bits per heavy atom. The van der Waals surface area contributed by atoms with Crippen LogP contribution in [0.5, 0.6) is 0 Å². The molecule has 0 aliphatic heterocycles. The first-order valence-electron chi connectivity index (χ1n) is 7.98. The molecule has 0 saturated heterocycles. The molecule has 0 bridgehead atoms. The molecule has 1 amide bonds. The smallest absolute Gasteiger partial charge is 0.270 e. The van der Waals surface area contributed by atoms with Crippen LogP contribution in [0, 0.1) is 5.92 Å². The van der Waals surface area contributed by atoms with Crippen molar-refractivity contribution >= 4 is 32.4 Å². The Bertz CT molecular complexity index is 804. The van der Waals surface area contributed by atoms with Gasteiger partial charge in [0.1, 0.15) is 0 Å². The second-order valence-electron chi connectivity index (χ2n) is 6.06. The minimum absolute atomic E-state index is 0.155. The van der Waals surface area contributed by atoms with Crippen LogP contribution >= 0.6 is 11.3 Å². The first-order valence-corrected chi connectivity index (χ1v) is 10.3. The summed E-state index contributed by atoms with van der Waals surface area (Å²) in [5.74, 6) is -0.454. The number of hydrogen-bond donors (Lipinski definition) is 2. The third kappa shape index (κ3) is 5.87. The molecule has 1 unspecified atom stereocenters. The number of rotatable bonds is 8. The molecule has 2 rings (SSSR count). The number of aryl methyl sites for hydroxylation is 1. The SMILES string of the molecule is CC(CCc1ccccc1)NS(=O)(=O)c1nnc(NC(=O)C(C)C)s1. The van der Waals surface area contributed by atoms with E-state index in [2.05, 4.69) is 20.2 Å². The molecule has 136 valence electrons. The van der Waals surface area contributed by atoms with E-state index in [1.165, 1.54) is 0 Å². The number of benzene rings is 1. The quantitative estimate of drug-likeness (QED) is 0.683. The molecule has 0 fully saturated rings. The molecule has 0 aliphatic carbocycles. The molecule has 1 aromatic heterocycles. The highest BCUT2D eigenvalue weighted by molar-refractivity contribution is 7.91. The predicted octanol–water partition coefficient (Wildman–Crippen LogP) is 2.43. The van der Waals surface area contributed by atoms with Crippen LogP contribution in [0.2, 0.25) is 0 Å². The minimum atomic E-state index is -3.76. The second-order valence-corrected chi connectivity index (χ2v) is 8.93. The summed E-state index contributed by atoms with van der Waals surface area (Å²) < 4.78 is 27.2. The molecule has 0 aliphatic rings. The third-order valence-electron chi connectivity index (χ3n) is 3.46. The van der Waals surface area contributed by atoms with E-state index < -0.39 is 10.0 Å². The summed E-state index contributed by atoms with van der Waals surface area (Å²) in [5.41, 5.74) is 1.16. The zero-order valence-corrected chi connectivity index (χ0v) is 16.0. The van der Waals surface area contributed by atoms with E-state index in [1.54, 1.807) is 13.8 Å². The fourth-order valence-electron chi connectivity index (χ4n) is 2.02. The maximum atomic E-state index is 12.4. The van der Waals surface area contributed by atoms with Crippen LogP contribution in [-0.2, 0) is 21.2 Å². The van der Waals surface area contributed by atoms with Crippen molar-refractivity contribution in [2.24, 2.45) is 5.92 Å². The number of amides is 1. The molecule has 1 heterocycles. The molecule has 0 saturated carbocycles. The third-order valence-corrected chi connectivity index (χ3v) is 6.25. The molecule has 1 atom stereocenters. The molecule has 0 radical (unpaired) electrons. The molecule has 1 aromatic carbocycles. The summed E-state index contributed by atoms with van der Waals surface area (Å²) in [5, 5.41) is 10.1. The van der Waals surface area contributed by atoms with E-state index >= 15 is 0 Å². The molecule has 2 aromatic rings. The zero-order chi connectivity index (χ0) is 18.4. The van der Waals surface area contributed by atoms with Gasteiger partial charge in [-0.2, -0.15) is 0 Å². The van der Waals surface area contributed by atoms with E-state index in [1.807, 2.05) is 37.3 Å². The first-order chi connectivity index (χ1) is 11.8. The lowest BCUT2D eigenvalue weighted by atomic mass is 10.1. The van der Waals surface area contributed by atoms with Gasteiger partial charge in [0.05, 0.1) is 0 Å². The number of nitrogens with one attached hydrogen (secondary N) is 2. The van der Waals surface area contributed by atoms with E-state index in [0.29, 0.717) is 6.42 Å². The van der Waals surface area contributed by atoms with Gasteiger partial charge in [-0.1, -0.05) is 55.5 Å². The Labute approximate surface area is 151 Å².